The van der Waals surface area contributed by atoms with Crippen LogP contribution in [0.3, 0.4) is 0 Å². The zero-order chi connectivity index (χ0) is 39.1. The molecule has 284 valence electrons. The first-order valence-corrected chi connectivity index (χ1v) is 17.0. The van der Waals surface area contributed by atoms with Gasteiger partial charge in [-0.25, -0.2) is 0 Å². The van der Waals surface area contributed by atoms with Crippen molar-refractivity contribution in [3.8, 4) is 5.75 Å². The summed E-state index contributed by atoms with van der Waals surface area (Å²) in [6, 6.07) is 9.71. The number of rotatable bonds is 19. The zero-order valence-corrected chi connectivity index (χ0v) is 30.4. The van der Waals surface area contributed by atoms with Crippen molar-refractivity contribution in [2.75, 3.05) is 13.1 Å². The number of carbonyl (C=O) groups excluding carboxylic acids is 7. The smallest absolute Gasteiger partial charge is 0.243 e. The summed E-state index contributed by atoms with van der Waals surface area (Å²) >= 11 is 0. The summed E-state index contributed by atoms with van der Waals surface area (Å²) in [5.41, 5.74) is 12.5. The van der Waals surface area contributed by atoms with Gasteiger partial charge in [0.2, 0.25) is 41.4 Å². The summed E-state index contributed by atoms with van der Waals surface area (Å²) in [7, 11) is 0. The third kappa shape index (κ3) is 13.7. The molecule has 0 bridgehead atoms. The van der Waals surface area contributed by atoms with Crippen LogP contribution in [-0.4, -0.2) is 89.8 Å². The average Bonchev–Trinajstić information content (AvgIpc) is 3.10. The van der Waals surface area contributed by atoms with E-state index in [0.29, 0.717) is 11.1 Å². The van der Waals surface area contributed by atoms with E-state index in [-0.39, 0.29) is 18.1 Å². The van der Waals surface area contributed by atoms with E-state index in [1.54, 1.807) is 77.1 Å². The summed E-state index contributed by atoms with van der Waals surface area (Å²) < 4.78 is 0. The molecule has 0 aliphatic rings. The van der Waals surface area contributed by atoms with Gasteiger partial charge in [0.25, 0.3) is 0 Å². The Balaban J connectivity index is 2.11. The first-order valence-electron chi connectivity index (χ1n) is 17.0. The molecule has 2 rings (SSSR count). The molecular formula is C36H52N8O8. The number of aromatic hydroxyl groups is 1. The molecule has 0 radical (unpaired) electrons. The van der Waals surface area contributed by atoms with Crippen molar-refractivity contribution in [3.05, 3.63) is 65.7 Å². The summed E-state index contributed by atoms with van der Waals surface area (Å²) in [5, 5.41) is 24.8. The summed E-state index contributed by atoms with van der Waals surface area (Å²) in [6.45, 7) is 9.01. The van der Waals surface area contributed by atoms with Crippen molar-refractivity contribution < 1.29 is 38.7 Å². The third-order valence-corrected chi connectivity index (χ3v) is 8.26. The van der Waals surface area contributed by atoms with Crippen molar-refractivity contribution in [2.24, 2.45) is 23.3 Å². The number of nitrogens with two attached hydrogens (primary N) is 2. The number of primary amides is 1. The van der Waals surface area contributed by atoms with E-state index in [1.807, 2.05) is 0 Å². The Hall–Kier alpha value is -5.51. The number of phenolic OH excluding ortho intramolecular Hbond substituents is 1. The van der Waals surface area contributed by atoms with Crippen LogP contribution >= 0.6 is 0 Å². The number of amides is 7. The Kier molecular flexibility index (Phi) is 16.7. The maximum atomic E-state index is 13.8. The molecule has 0 spiro atoms. The predicted molar refractivity (Wildman–Crippen MR) is 193 cm³/mol. The largest absolute Gasteiger partial charge is 0.508 e. The number of phenols is 1. The first kappa shape index (κ1) is 42.7. The second-order valence-electron chi connectivity index (χ2n) is 13.3. The van der Waals surface area contributed by atoms with Gasteiger partial charge in [-0.05, 0) is 48.4 Å². The minimum Gasteiger partial charge on any atom is -0.508 e. The number of hydrogen-bond donors (Lipinski definition) is 9. The number of hydrogen-bond acceptors (Lipinski definition) is 9. The quantitative estimate of drug-likeness (QED) is 0.0864. The van der Waals surface area contributed by atoms with E-state index in [1.165, 1.54) is 19.1 Å². The van der Waals surface area contributed by atoms with E-state index in [9.17, 15) is 38.7 Å². The molecule has 2 aromatic rings. The Bertz CT molecular complexity index is 1550. The SMILES string of the molecule is CC(C)[C@H](NC(=O)[C@@H](NC(=O)[C@H](NC(=O)CNC(=O)[C@@H](C)NC(=O)[C@@H](N)Cc1ccc(O)cc1)[C@@H](C)c1ccccc1)C(C)C)C(=O)NCC(N)=O. The Labute approximate surface area is 303 Å². The van der Waals surface area contributed by atoms with Crippen LogP contribution in [0.25, 0.3) is 0 Å². The Morgan fingerprint density at radius 2 is 1.13 bits per heavy atom. The molecule has 16 nitrogen and oxygen atoms in total. The molecule has 0 unspecified atom stereocenters. The van der Waals surface area contributed by atoms with Crippen LogP contribution in [0.5, 0.6) is 5.75 Å². The lowest BCUT2D eigenvalue weighted by molar-refractivity contribution is -0.135. The fraction of sp³-hybridized carbons (Fsp3) is 0.472. The minimum atomic E-state index is -1.20. The molecule has 16 heteroatoms. The van der Waals surface area contributed by atoms with Gasteiger partial charge in [0.1, 0.15) is 29.9 Å². The van der Waals surface area contributed by atoms with E-state index < -0.39 is 96.5 Å². The van der Waals surface area contributed by atoms with Crippen LogP contribution < -0.4 is 43.4 Å². The van der Waals surface area contributed by atoms with Crippen LogP contribution in [0.15, 0.2) is 54.6 Å². The molecular weight excluding hydrogens is 672 g/mol. The molecule has 0 aromatic heterocycles. The van der Waals surface area contributed by atoms with Gasteiger partial charge in [0.15, 0.2) is 0 Å². The third-order valence-electron chi connectivity index (χ3n) is 8.26. The van der Waals surface area contributed by atoms with E-state index >= 15 is 0 Å². The van der Waals surface area contributed by atoms with Gasteiger partial charge in [-0.15, -0.1) is 0 Å². The molecule has 11 N–H and O–H groups in total. The highest BCUT2D eigenvalue weighted by Gasteiger charge is 2.35. The highest BCUT2D eigenvalue weighted by atomic mass is 16.3. The summed E-state index contributed by atoms with van der Waals surface area (Å²) in [6.07, 6.45) is 0.163. The summed E-state index contributed by atoms with van der Waals surface area (Å²) in [5.74, 6) is -6.03. The number of benzene rings is 2. The van der Waals surface area contributed by atoms with Crippen LogP contribution in [0.4, 0.5) is 0 Å². The van der Waals surface area contributed by atoms with Crippen molar-refractivity contribution >= 4 is 41.4 Å². The van der Waals surface area contributed by atoms with Gasteiger partial charge in [-0.1, -0.05) is 77.1 Å². The zero-order valence-electron chi connectivity index (χ0n) is 30.4. The molecule has 2 aromatic carbocycles. The molecule has 0 saturated carbocycles. The predicted octanol–water partition coefficient (Wildman–Crippen LogP) is -0.945. The minimum absolute atomic E-state index is 0.0720. The highest BCUT2D eigenvalue weighted by Crippen LogP contribution is 2.20. The van der Waals surface area contributed by atoms with Gasteiger partial charge < -0.3 is 48.5 Å². The van der Waals surface area contributed by atoms with Crippen molar-refractivity contribution in [3.63, 3.8) is 0 Å². The lowest BCUT2D eigenvalue weighted by Crippen LogP contribution is -2.60. The molecule has 0 heterocycles. The number of nitrogens with one attached hydrogen (secondary N) is 6. The van der Waals surface area contributed by atoms with Gasteiger partial charge >= 0.3 is 0 Å². The molecule has 7 amide bonds. The van der Waals surface area contributed by atoms with Crippen LogP contribution in [0, 0.1) is 11.8 Å². The van der Waals surface area contributed by atoms with Crippen LogP contribution in [0.2, 0.25) is 0 Å². The van der Waals surface area contributed by atoms with E-state index in [0.717, 1.165) is 0 Å². The maximum Gasteiger partial charge on any atom is 0.243 e. The van der Waals surface area contributed by atoms with Crippen molar-refractivity contribution in [1.29, 1.82) is 0 Å². The highest BCUT2D eigenvalue weighted by molar-refractivity contribution is 5.96. The summed E-state index contributed by atoms with van der Waals surface area (Å²) in [4.78, 5) is 89.7. The van der Waals surface area contributed by atoms with Crippen LogP contribution in [-0.2, 0) is 40.0 Å². The normalized spacial score (nSPS) is 14.5. The maximum absolute atomic E-state index is 13.8. The second-order valence-corrected chi connectivity index (χ2v) is 13.3. The lowest BCUT2D eigenvalue weighted by atomic mass is 9.91. The van der Waals surface area contributed by atoms with E-state index in [4.69, 9.17) is 11.5 Å². The molecule has 6 atom stereocenters. The molecule has 0 fully saturated rings. The first-order chi connectivity index (χ1) is 24.4. The van der Waals surface area contributed by atoms with Gasteiger partial charge in [0.05, 0.1) is 19.1 Å². The molecule has 0 aliphatic carbocycles. The second kappa shape index (κ2) is 20.4. The molecule has 52 heavy (non-hydrogen) atoms. The standard InChI is InChI=1S/C36H52N8O8/c1-19(2)29(34(50)39-17-27(38)46)43-35(51)30(20(3)4)44-36(52)31(21(5)24-10-8-7-9-11-24)42-28(47)18-40-32(48)22(6)41-33(49)26(37)16-23-12-14-25(45)15-13-23/h7-15,19-22,26,29-31,45H,16-18,37H2,1-6H3,(H2,38,46)(H,39,50)(H,40,48)(H,41,49)(H,42,47)(H,43,51)(H,44,52)/t21-,22+,26-,29-,30-,31+/m0/s1. The van der Waals surface area contributed by atoms with Crippen molar-refractivity contribution in [2.45, 2.75) is 84.1 Å². The van der Waals surface area contributed by atoms with Gasteiger partial charge in [0, 0.05) is 5.92 Å². The van der Waals surface area contributed by atoms with Gasteiger partial charge in [-0.3, -0.25) is 33.6 Å². The van der Waals surface area contributed by atoms with Crippen molar-refractivity contribution in [1.82, 2.24) is 31.9 Å². The average molecular weight is 725 g/mol. The lowest BCUT2D eigenvalue weighted by Gasteiger charge is -2.30. The fourth-order valence-corrected chi connectivity index (χ4v) is 5.12. The van der Waals surface area contributed by atoms with Crippen LogP contribution in [0.1, 0.15) is 58.6 Å². The Morgan fingerprint density at radius 1 is 0.615 bits per heavy atom. The monoisotopic (exact) mass is 724 g/mol. The molecule has 0 aliphatic heterocycles. The molecule has 0 saturated heterocycles. The number of carbonyl (C=O) groups is 7. The fourth-order valence-electron chi connectivity index (χ4n) is 5.12. The topological polar surface area (TPSA) is 264 Å². The van der Waals surface area contributed by atoms with Gasteiger partial charge in [-0.2, -0.15) is 0 Å². The van der Waals surface area contributed by atoms with E-state index in [2.05, 4.69) is 31.9 Å². The Morgan fingerprint density at radius 3 is 1.67 bits per heavy atom.